The first kappa shape index (κ1) is 24.0. The first-order valence-electron chi connectivity index (χ1n) is 9.98. The first-order valence-corrected chi connectivity index (χ1v) is 12.3. The summed E-state index contributed by atoms with van der Waals surface area (Å²) in [5, 5.41) is 12.8. The number of aromatic nitrogens is 4. The standard InChI is InChI=1S/C23H19Br2Cl2N5O/c1-13-21(25)14(2)32(29-13)11-15-3-6-17(7-4-15)23(33)28-22-18(24)12-31(30-22)10-16-5-8-19(26)20(27)9-16/h3-9,12H,10-11H2,1-2H3,(H,28,30,33). The molecule has 0 spiro atoms. The van der Waals surface area contributed by atoms with Crippen LogP contribution < -0.4 is 5.32 Å². The molecular weight excluding hydrogens is 593 g/mol. The Morgan fingerprint density at radius 1 is 0.970 bits per heavy atom. The predicted molar refractivity (Wildman–Crippen MR) is 138 cm³/mol. The molecule has 0 radical (unpaired) electrons. The van der Waals surface area contributed by atoms with Gasteiger partial charge in [0.1, 0.15) is 0 Å². The zero-order valence-electron chi connectivity index (χ0n) is 17.7. The van der Waals surface area contributed by atoms with Gasteiger partial charge in [0.05, 0.1) is 43.5 Å². The van der Waals surface area contributed by atoms with Gasteiger partial charge in [-0.2, -0.15) is 10.2 Å². The first-order chi connectivity index (χ1) is 15.7. The van der Waals surface area contributed by atoms with Gasteiger partial charge >= 0.3 is 0 Å². The van der Waals surface area contributed by atoms with Gasteiger partial charge in [0, 0.05) is 11.8 Å². The van der Waals surface area contributed by atoms with Crippen molar-refractivity contribution in [3.63, 3.8) is 0 Å². The second-order valence-electron chi connectivity index (χ2n) is 7.57. The van der Waals surface area contributed by atoms with Crippen LogP contribution >= 0.6 is 55.1 Å². The average molecular weight is 612 g/mol. The molecule has 0 saturated heterocycles. The third-order valence-electron chi connectivity index (χ3n) is 5.12. The minimum atomic E-state index is -0.240. The van der Waals surface area contributed by atoms with Crippen LogP contribution in [0.2, 0.25) is 10.0 Å². The van der Waals surface area contributed by atoms with Gasteiger partial charge < -0.3 is 5.32 Å². The Kier molecular flexibility index (Phi) is 7.28. The molecule has 6 nitrogen and oxygen atoms in total. The summed E-state index contributed by atoms with van der Waals surface area (Å²) in [6.45, 7) is 5.10. The van der Waals surface area contributed by atoms with Crippen molar-refractivity contribution in [1.82, 2.24) is 19.6 Å². The van der Waals surface area contributed by atoms with Gasteiger partial charge in [-0.1, -0.05) is 41.4 Å². The number of hydrogen-bond acceptors (Lipinski definition) is 3. The monoisotopic (exact) mass is 609 g/mol. The van der Waals surface area contributed by atoms with Crippen molar-refractivity contribution in [1.29, 1.82) is 0 Å². The fourth-order valence-electron chi connectivity index (χ4n) is 3.33. The molecule has 170 valence electrons. The fourth-order valence-corrected chi connectivity index (χ4v) is 4.35. The molecule has 0 fully saturated rings. The van der Waals surface area contributed by atoms with Gasteiger partial charge in [0.15, 0.2) is 5.82 Å². The van der Waals surface area contributed by atoms with Crippen LogP contribution in [0.3, 0.4) is 0 Å². The summed E-state index contributed by atoms with van der Waals surface area (Å²) >= 11 is 19.1. The summed E-state index contributed by atoms with van der Waals surface area (Å²) < 4.78 is 5.35. The number of anilines is 1. The number of carbonyl (C=O) groups is 1. The lowest BCUT2D eigenvalue weighted by Gasteiger charge is -2.07. The normalized spacial score (nSPS) is 11.1. The van der Waals surface area contributed by atoms with Gasteiger partial charge in [0.25, 0.3) is 5.91 Å². The Morgan fingerprint density at radius 2 is 1.67 bits per heavy atom. The summed E-state index contributed by atoms with van der Waals surface area (Å²) in [7, 11) is 0. The largest absolute Gasteiger partial charge is 0.304 e. The summed E-state index contributed by atoms with van der Waals surface area (Å²) in [6.07, 6.45) is 1.80. The van der Waals surface area contributed by atoms with Crippen LogP contribution in [0, 0.1) is 13.8 Å². The Labute approximate surface area is 218 Å². The van der Waals surface area contributed by atoms with E-state index in [-0.39, 0.29) is 5.91 Å². The molecule has 2 heterocycles. The molecule has 4 rings (SSSR count). The molecule has 4 aromatic rings. The minimum absolute atomic E-state index is 0.240. The van der Waals surface area contributed by atoms with Gasteiger partial charge in [-0.15, -0.1) is 0 Å². The molecule has 0 aliphatic carbocycles. The highest BCUT2D eigenvalue weighted by molar-refractivity contribution is 9.11. The zero-order valence-corrected chi connectivity index (χ0v) is 22.4. The van der Waals surface area contributed by atoms with Crippen molar-refractivity contribution >= 4 is 66.8 Å². The van der Waals surface area contributed by atoms with Crippen LogP contribution in [0.1, 0.15) is 32.9 Å². The quantitative estimate of drug-likeness (QED) is 0.259. The second kappa shape index (κ2) is 10.0. The highest BCUT2D eigenvalue weighted by atomic mass is 79.9. The van der Waals surface area contributed by atoms with Crippen LogP contribution in [0.25, 0.3) is 0 Å². The Bertz CT molecular complexity index is 1330. The summed E-state index contributed by atoms with van der Waals surface area (Å²) in [4.78, 5) is 12.8. The molecule has 1 N–H and O–H groups in total. The zero-order chi connectivity index (χ0) is 23.7. The fraction of sp³-hybridized carbons (Fsp3) is 0.174. The van der Waals surface area contributed by atoms with Crippen molar-refractivity contribution in [2.45, 2.75) is 26.9 Å². The Balaban J connectivity index is 1.42. The van der Waals surface area contributed by atoms with Crippen molar-refractivity contribution in [2.24, 2.45) is 0 Å². The van der Waals surface area contributed by atoms with E-state index >= 15 is 0 Å². The molecule has 2 aromatic heterocycles. The maximum atomic E-state index is 12.8. The molecule has 0 unspecified atom stereocenters. The van der Waals surface area contributed by atoms with Gasteiger partial charge in [0.2, 0.25) is 0 Å². The molecule has 1 amide bonds. The van der Waals surface area contributed by atoms with E-state index in [9.17, 15) is 4.79 Å². The number of benzene rings is 2. The van der Waals surface area contributed by atoms with E-state index in [1.54, 1.807) is 35.1 Å². The number of nitrogens with zero attached hydrogens (tertiary/aromatic N) is 4. The van der Waals surface area contributed by atoms with Crippen molar-refractivity contribution in [2.75, 3.05) is 5.32 Å². The molecule has 0 aliphatic heterocycles. The highest BCUT2D eigenvalue weighted by Crippen LogP contribution is 2.25. The van der Waals surface area contributed by atoms with Crippen molar-refractivity contribution in [3.05, 3.63) is 95.7 Å². The molecule has 0 atom stereocenters. The van der Waals surface area contributed by atoms with Crippen LogP contribution in [0.4, 0.5) is 5.82 Å². The lowest BCUT2D eigenvalue weighted by molar-refractivity contribution is 0.102. The Morgan fingerprint density at radius 3 is 2.30 bits per heavy atom. The summed E-state index contributed by atoms with van der Waals surface area (Å²) in [5.41, 5.74) is 4.56. The van der Waals surface area contributed by atoms with E-state index in [4.69, 9.17) is 23.2 Å². The molecule has 10 heteroatoms. The van der Waals surface area contributed by atoms with E-state index < -0.39 is 0 Å². The molecule has 2 aromatic carbocycles. The van der Waals surface area contributed by atoms with Crippen LogP contribution in [0.5, 0.6) is 0 Å². The summed E-state index contributed by atoms with van der Waals surface area (Å²) in [5.74, 6) is 0.201. The predicted octanol–water partition coefficient (Wildman–Crippen LogP) is 6.88. The van der Waals surface area contributed by atoms with Gasteiger partial charge in [-0.3, -0.25) is 14.2 Å². The van der Waals surface area contributed by atoms with E-state index in [1.165, 1.54) is 0 Å². The highest BCUT2D eigenvalue weighted by Gasteiger charge is 2.14. The summed E-state index contributed by atoms with van der Waals surface area (Å²) in [6, 6.07) is 12.9. The van der Waals surface area contributed by atoms with E-state index in [1.807, 2.05) is 36.7 Å². The van der Waals surface area contributed by atoms with Crippen LogP contribution in [-0.2, 0) is 13.1 Å². The third-order valence-corrected chi connectivity index (χ3v) is 7.59. The van der Waals surface area contributed by atoms with Gasteiger partial charge in [-0.25, -0.2) is 0 Å². The van der Waals surface area contributed by atoms with Gasteiger partial charge in [-0.05, 0) is 81.1 Å². The number of rotatable bonds is 6. The lowest BCUT2D eigenvalue weighted by Crippen LogP contribution is -2.13. The topological polar surface area (TPSA) is 64.7 Å². The number of hydrogen-bond donors (Lipinski definition) is 1. The number of nitrogens with one attached hydrogen (secondary N) is 1. The van der Waals surface area contributed by atoms with E-state index in [2.05, 4.69) is 47.4 Å². The maximum Gasteiger partial charge on any atom is 0.256 e. The Hall–Kier alpha value is -2.13. The van der Waals surface area contributed by atoms with Crippen LogP contribution in [0.15, 0.2) is 57.6 Å². The lowest BCUT2D eigenvalue weighted by atomic mass is 10.1. The average Bonchev–Trinajstić information content (AvgIpc) is 3.24. The van der Waals surface area contributed by atoms with Crippen molar-refractivity contribution < 1.29 is 4.79 Å². The number of amides is 1. The minimum Gasteiger partial charge on any atom is -0.304 e. The van der Waals surface area contributed by atoms with E-state index in [0.29, 0.717) is 39.0 Å². The molecule has 0 saturated carbocycles. The SMILES string of the molecule is Cc1nn(Cc2ccc(C(=O)Nc3nn(Cc4ccc(Cl)c(Cl)c4)cc3Br)cc2)c(C)c1Br. The second-order valence-corrected chi connectivity index (χ2v) is 10.0. The molecule has 0 bridgehead atoms. The molecule has 0 aliphatic rings. The number of halogens is 4. The number of aryl methyl sites for hydroxylation is 1. The maximum absolute atomic E-state index is 12.8. The molecule has 33 heavy (non-hydrogen) atoms. The smallest absolute Gasteiger partial charge is 0.256 e. The third kappa shape index (κ3) is 5.51. The van der Waals surface area contributed by atoms with Crippen LogP contribution in [-0.4, -0.2) is 25.5 Å². The van der Waals surface area contributed by atoms with E-state index in [0.717, 1.165) is 27.0 Å². The van der Waals surface area contributed by atoms with Crippen molar-refractivity contribution in [3.8, 4) is 0 Å². The number of carbonyl (C=O) groups excluding carboxylic acids is 1. The molecular formula is C23H19Br2Cl2N5O.